The average molecular weight is 281 g/mol. The van der Waals surface area contributed by atoms with Crippen LogP contribution in [0.25, 0.3) is 16.7 Å². The molecule has 94 valence electrons. The van der Waals surface area contributed by atoms with Crippen LogP contribution in [0.1, 0.15) is 11.4 Å². The molecule has 0 aliphatic rings. The Morgan fingerprint density at radius 2 is 2.00 bits per heavy atom. The molecule has 0 aliphatic carbocycles. The van der Waals surface area contributed by atoms with Crippen LogP contribution in [0, 0.1) is 22.7 Å². The Bertz CT molecular complexity index is 899. The van der Waals surface area contributed by atoms with Gasteiger partial charge >= 0.3 is 0 Å². The maximum absolute atomic E-state index is 9.23. The van der Waals surface area contributed by atoms with Crippen molar-refractivity contribution in [3.63, 3.8) is 0 Å². The summed E-state index contributed by atoms with van der Waals surface area (Å²) in [6, 6.07) is 10.6. The van der Waals surface area contributed by atoms with Gasteiger partial charge in [0.25, 0.3) is 5.82 Å². The Kier molecular flexibility index (Phi) is 2.79. The lowest BCUT2D eigenvalue weighted by Crippen LogP contribution is -2.00. The minimum absolute atomic E-state index is 0.0431. The van der Waals surface area contributed by atoms with E-state index >= 15 is 0 Å². The van der Waals surface area contributed by atoms with E-state index in [1.165, 1.54) is 11.0 Å². The summed E-state index contributed by atoms with van der Waals surface area (Å²) in [4.78, 5) is 8.19. The highest BCUT2D eigenvalue weighted by Crippen LogP contribution is 2.23. The molecule has 0 unspecified atom stereocenters. The predicted molar refractivity (Wildman–Crippen MR) is 71.1 cm³/mol. The molecule has 0 N–H and O–H groups in total. The van der Waals surface area contributed by atoms with E-state index in [0.717, 1.165) is 0 Å². The maximum atomic E-state index is 9.23. The summed E-state index contributed by atoms with van der Waals surface area (Å²) in [6.45, 7) is 0. The summed E-state index contributed by atoms with van der Waals surface area (Å²) in [5.41, 5.74) is 1.05. The molecule has 1 aromatic carbocycles. The quantitative estimate of drug-likeness (QED) is 0.681. The van der Waals surface area contributed by atoms with E-state index < -0.39 is 0 Å². The fourth-order valence-electron chi connectivity index (χ4n) is 1.82. The Morgan fingerprint density at radius 3 is 2.70 bits per heavy atom. The number of nitriles is 2. The van der Waals surface area contributed by atoms with Gasteiger partial charge in [-0.3, -0.25) is 0 Å². The van der Waals surface area contributed by atoms with E-state index in [1.807, 2.05) is 6.07 Å². The lowest BCUT2D eigenvalue weighted by Gasteiger charge is -2.04. The fourth-order valence-corrected chi connectivity index (χ4v) is 1.99. The number of rotatable bonds is 1. The minimum atomic E-state index is 0.0431. The highest BCUT2D eigenvalue weighted by atomic mass is 35.5. The van der Waals surface area contributed by atoms with Crippen molar-refractivity contribution >= 4 is 22.5 Å². The summed E-state index contributed by atoms with van der Waals surface area (Å²) >= 11 is 5.93. The lowest BCUT2D eigenvalue weighted by molar-refractivity contribution is 0.845. The summed E-state index contributed by atoms with van der Waals surface area (Å²) in [5.74, 6) is 0.465. The Balaban J connectivity index is 2.26. The maximum Gasteiger partial charge on any atom is 0.252 e. The molecule has 0 saturated carbocycles. The van der Waals surface area contributed by atoms with Crippen LogP contribution in [0.5, 0.6) is 0 Å². The predicted octanol–water partition coefficient (Wildman–Crippen LogP) is 2.21. The van der Waals surface area contributed by atoms with E-state index in [4.69, 9.17) is 16.9 Å². The van der Waals surface area contributed by atoms with Crippen LogP contribution >= 0.6 is 11.6 Å². The van der Waals surface area contributed by atoms with Crippen molar-refractivity contribution < 1.29 is 0 Å². The molecular weight excluding hydrogens is 276 g/mol. The Labute approximate surface area is 118 Å². The SMILES string of the molecule is N#Cc1ncn(-c2cc(C#N)c3cc(Cl)ccc3n2)n1. The van der Waals surface area contributed by atoms with Gasteiger partial charge in [0.1, 0.15) is 12.4 Å². The molecule has 2 aromatic heterocycles. The van der Waals surface area contributed by atoms with E-state index in [9.17, 15) is 5.26 Å². The first-order chi connectivity index (χ1) is 9.71. The topological polar surface area (TPSA) is 91.2 Å². The van der Waals surface area contributed by atoms with Gasteiger partial charge in [-0.15, -0.1) is 5.10 Å². The summed E-state index contributed by atoms with van der Waals surface area (Å²) in [5, 5.41) is 23.1. The molecule has 0 saturated heterocycles. The van der Waals surface area contributed by atoms with Crippen molar-refractivity contribution in [3.8, 4) is 18.0 Å². The van der Waals surface area contributed by atoms with Crippen molar-refractivity contribution in [2.24, 2.45) is 0 Å². The number of aromatic nitrogens is 4. The molecular formula is C13H5ClN6. The number of halogens is 1. The first-order valence-corrected chi connectivity index (χ1v) is 5.91. The van der Waals surface area contributed by atoms with Gasteiger partial charge in [0.2, 0.25) is 0 Å². The normalized spacial score (nSPS) is 10.2. The minimum Gasteiger partial charge on any atom is -0.228 e. The first kappa shape index (κ1) is 12.1. The molecule has 20 heavy (non-hydrogen) atoms. The number of hydrogen-bond donors (Lipinski definition) is 0. The smallest absolute Gasteiger partial charge is 0.228 e. The van der Waals surface area contributed by atoms with Gasteiger partial charge < -0.3 is 0 Å². The van der Waals surface area contributed by atoms with Gasteiger partial charge in [-0.05, 0) is 18.2 Å². The van der Waals surface area contributed by atoms with Crippen LogP contribution in [-0.4, -0.2) is 19.7 Å². The van der Waals surface area contributed by atoms with E-state index in [0.29, 0.717) is 27.3 Å². The number of pyridine rings is 1. The molecule has 6 nitrogen and oxygen atoms in total. The summed E-state index contributed by atoms with van der Waals surface area (Å²) < 4.78 is 1.35. The second-order valence-corrected chi connectivity index (χ2v) is 4.36. The van der Waals surface area contributed by atoms with Crippen molar-refractivity contribution in [1.29, 1.82) is 10.5 Å². The largest absolute Gasteiger partial charge is 0.252 e. The molecule has 0 atom stereocenters. The number of nitrogens with zero attached hydrogens (tertiary/aromatic N) is 6. The molecule has 0 aliphatic heterocycles. The van der Waals surface area contributed by atoms with Crippen LogP contribution in [0.15, 0.2) is 30.6 Å². The molecule has 2 heterocycles. The van der Waals surface area contributed by atoms with Crippen LogP contribution in [0.2, 0.25) is 5.02 Å². The molecule has 7 heteroatoms. The molecule has 0 spiro atoms. The lowest BCUT2D eigenvalue weighted by atomic mass is 10.1. The highest BCUT2D eigenvalue weighted by molar-refractivity contribution is 6.31. The average Bonchev–Trinajstić information content (AvgIpc) is 2.95. The van der Waals surface area contributed by atoms with Gasteiger partial charge in [0.15, 0.2) is 5.82 Å². The third kappa shape index (κ3) is 1.95. The van der Waals surface area contributed by atoms with E-state index in [2.05, 4.69) is 21.1 Å². The second-order valence-electron chi connectivity index (χ2n) is 3.93. The van der Waals surface area contributed by atoms with Crippen LogP contribution in [-0.2, 0) is 0 Å². The summed E-state index contributed by atoms with van der Waals surface area (Å²) in [7, 11) is 0. The molecule has 3 rings (SSSR count). The number of hydrogen-bond acceptors (Lipinski definition) is 5. The number of benzene rings is 1. The van der Waals surface area contributed by atoms with Gasteiger partial charge in [0.05, 0.1) is 17.1 Å². The van der Waals surface area contributed by atoms with Crippen molar-refractivity contribution in [1.82, 2.24) is 19.7 Å². The Morgan fingerprint density at radius 1 is 1.15 bits per heavy atom. The third-order valence-electron chi connectivity index (χ3n) is 2.70. The zero-order valence-corrected chi connectivity index (χ0v) is 10.7. The first-order valence-electron chi connectivity index (χ1n) is 5.54. The van der Waals surface area contributed by atoms with Crippen LogP contribution in [0.3, 0.4) is 0 Å². The molecule has 3 aromatic rings. The molecule has 0 bridgehead atoms. The van der Waals surface area contributed by atoms with Crippen molar-refractivity contribution in [2.45, 2.75) is 0 Å². The Hall–Kier alpha value is -2.96. The second kappa shape index (κ2) is 4.61. The molecule has 0 amide bonds. The highest BCUT2D eigenvalue weighted by Gasteiger charge is 2.09. The zero-order valence-electron chi connectivity index (χ0n) is 9.95. The molecule has 0 radical (unpaired) electrons. The standard InChI is InChI=1S/C13H5ClN6/c14-9-1-2-11-10(4-9)8(5-15)3-13(18-11)20-7-17-12(6-16)19-20/h1-4,7H. The monoisotopic (exact) mass is 280 g/mol. The third-order valence-corrected chi connectivity index (χ3v) is 2.94. The van der Waals surface area contributed by atoms with Crippen LogP contribution < -0.4 is 0 Å². The van der Waals surface area contributed by atoms with Crippen molar-refractivity contribution in [3.05, 3.63) is 47.0 Å². The zero-order chi connectivity index (χ0) is 14.1. The van der Waals surface area contributed by atoms with Gasteiger partial charge in [-0.1, -0.05) is 11.6 Å². The van der Waals surface area contributed by atoms with Crippen molar-refractivity contribution in [2.75, 3.05) is 0 Å². The summed E-state index contributed by atoms with van der Waals surface area (Å²) in [6.07, 6.45) is 1.38. The van der Waals surface area contributed by atoms with Crippen LogP contribution in [0.4, 0.5) is 0 Å². The van der Waals surface area contributed by atoms with Gasteiger partial charge in [-0.2, -0.15) is 10.5 Å². The van der Waals surface area contributed by atoms with Gasteiger partial charge in [0, 0.05) is 16.5 Å². The van der Waals surface area contributed by atoms with E-state index in [1.54, 1.807) is 24.3 Å². The van der Waals surface area contributed by atoms with E-state index in [-0.39, 0.29) is 5.82 Å². The number of fused-ring (bicyclic) bond motifs is 1. The van der Waals surface area contributed by atoms with Gasteiger partial charge in [-0.25, -0.2) is 14.6 Å². The molecule has 0 fully saturated rings. The fraction of sp³-hybridized carbons (Fsp3) is 0.